The second kappa shape index (κ2) is 7.03. The van der Waals surface area contributed by atoms with Crippen molar-refractivity contribution >= 4 is 27.6 Å². The van der Waals surface area contributed by atoms with Crippen molar-refractivity contribution in [1.82, 2.24) is 4.31 Å². The van der Waals surface area contributed by atoms with E-state index in [1.165, 1.54) is 12.1 Å². The summed E-state index contributed by atoms with van der Waals surface area (Å²) in [6.07, 6.45) is 0.582. The number of nitrogens with zero attached hydrogens (tertiary/aromatic N) is 1. The maximum absolute atomic E-state index is 12.4. The molecular weight excluding hydrogens is 306 g/mol. The Labute approximate surface area is 122 Å². The zero-order chi connectivity index (χ0) is 15.3. The first-order valence-electron chi connectivity index (χ1n) is 5.98. The lowest BCUT2D eigenvalue weighted by molar-refractivity contribution is 0.0697. The third-order valence-electron chi connectivity index (χ3n) is 2.63. The third-order valence-corrected chi connectivity index (χ3v) is 4.85. The molecule has 1 rings (SSSR count). The molecule has 2 N–H and O–H groups in total. The average molecular weight is 322 g/mol. The highest BCUT2D eigenvalue weighted by atomic mass is 35.5. The minimum atomic E-state index is -3.85. The fourth-order valence-electron chi connectivity index (χ4n) is 1.69. The van der Waals surface area contributed by atoms with E-state index < -0.39 is 16.0 Å². The van der Waals surface area contributed by atoms with Crippen molar-refractivity contribution in [2.45, 2.75) is 18.2 Å². The van der Waals surface area contributed by atoms with Crippen LogP contribution in [0.1, 0.15) is 23.7 Å². The van der Waals surface area contributed by atoms with Gasteiger partial charge < -0.3 is 10.2 Å². The minimum Gasteiger partial charge on any atom is -0.478 e. The molecule has 1 aromatic carbocycles. The average Bonchev–Trinajstić information content (AvgIpc) is 2.38. The monoisotopic (exact) mass is 321 g/mol. The van der Waals surface area contributed by atoms with Crippen LogP contribution in [0.15, 0.2) is 23.1 Å². The number of carboxylic acid groups (broad SMARTS) is 1. The zero-order valence-corrected chi connectivity index (χ0v) is 12.5. The molecule has 0 aromatic heterocycles. The van der Waals surface area contributed by atoms with Gasteiger partial charge in [-0.2, -0.15) is 4.31 Å². The lowest BCUT2D eigenvalue weighted by Crippen LogP contribution is -2.34. The van der Waals surface area contributed by atoms with E-state index in [-0.39, 0.29) is 35.2 Å². The summed E-state index contributed by atoms with van der Waals surface area (Å²) < 4.78 is 25.9. The molecule has 0 saturated carbocycles. The molecule has 8 heteroatoms. The normalized spacial score (nSPS) is 11.8. The van der Waals surface area contributed by atoms with Crippen LogP contribution in [-0.2, 0) is 10.0 Å². The van der Waals surface area contributed by atoms with Crippen LogP contribution < -0.4 is 0 Å². The zero-order valence-electron chi connectivity index (χ0n) is 10.9. The summed E-state index contributed by atoms with van der Waals surface area (Å²) in [7, 11) is -3.85. The Morgan fingerprint density at radius 2 is 2.00 bits per heavy atom. The highest BCUT2D eigenvalue weighted by Crippen LogP contribution is 2.23. The highest BCUT2D eigenvalue weighted by molar-refractivity contribution is 7.89. The third kappa shape index (κ3) is 3.69. The molecule has 0 radical (unpaired) electrons. The van der Waals surface area contributed by atoms with Crippen molar-refractivity contribution in [2.75, 3.05) is 19.7 Å². The number of carbonyl (C=O) groups is 1. The fourth-order valence-corrected chi connectivity index (χ4v) is 3.44. The molecule has 0 amide bonds. The molecule has 20 heavy (non-hydrogen) atoms. The predicted octanol–water partition coefficient (Wildman–Crippen LogP) is 1.43. The Morgan fingerprint density at radius 3 is 2.50 bits per heavy atom. The summed E-state index contributed by atoms with van der Waals surface area (Å²) in [6, 6.07) is 3.52. The van der Waals surface area contributed by atoms with Gasteiger partial charge in [-0.3, -0.25) is 0 Å². The van der Waals surface area contributed by atoms with Crippen LogP contribution >= 0.6 is 11.6 Å². The Morgan fingerprint density at radius 1 is 1.35 bits per heavy atom. The minimum absolute atomic E-state index is 0.0272. The lowest BCUT2D eigenvalue weighted by atomic mass is 10.2. The van der Waals surface area contributed by atoms with Gasteiger partial charge in [0.1, 0.15) is 0 Å². The molecule has 1 aromatic rings. The number of aliphatic hydroxyl groups excluding tert-OH is 1. The van der Waals surface area contributed by atoms with Crippen LogP contribution in [-0.4, -0.2) is 48.6 Å². The van der Waals surface area contributed by atoms with Crippen molar-refractivity contribution in [3.05, 3.63) is 28.8 Å². The van der Waals surface area contributed by atoms with Crippen LogP contribution in [0.3, 0.4) is 0 Å². The number of carboxylic acids is 1. The summed E-state index contributed by atoms with van der Waals surface area (Å²) in [4.78, 5) is 10.8. The van der Waals surface area contributed by atoms with Gasteiger partial charge in [-0.15, -0.1) is 0 Å². The van der Waals surface area contributed by atoms with Gasteiger partial charge in [-0.25, -0.2) is 13.2 Å². The Kier molecular flexibility index (Phi) is 5.94. The van der Waals surface area contributed by atoms with Crippen molar-refractivity contribution in [2.24, 2.45) is 0 Å². The van der Waals surface area contributed by atoms with Gasteiger partial charge in [0, 0.05) is 13.1 Å². The van der Waals surface area contributed by atoms with Crippen molar-refractivity contribution in [3.8, 4) is 0 Å². The van der Waals surface area contributed by atoms with Gasteiger partial charge in [0.15, 0.2) is 0 Å². The van der Waals surface area contributed by atoms with E-state index in [2.05, 4.69) is 0 Å². The maximum atomic E-state index is 12.4. The smallest absolute Gasteiger partial charge is 0.337 e. The van der Waals surface area contributed by atoms with Gasteiger partial charge in [0.25, 0.3) is 0 Å². The molecule has 0 fully saturated rings. The van der Waals surface area contributed by atoms with E-state index in [4.69, 9.17) is 21.8 Å². The first-order valence-corrected chi connectivity index (χ1v) is 7.80. The van der Waals surface area contributed by atoms with Crippen LogP contribution in [0.5, 0.6) is 0 Å². The molecule has 0 bridgehead atoms. The number of hydrogen-bond donors (Lipinski definition) is 2. The standard InChI is InChI=1S/C12H16ClNO5S/c1-2-5-14(6-7-15)20(18,19)9-3-4-11(13)10(8-9)12(16)17/h3-4,8,15H,2,5-7H2,1H3,(H,16,17). The summed E-state index contributed by atoms with van der Waals surface area (Å²) in [5.41, 5.74) is -0.270. The van der Waals surface area contributed by atoms with E-state index in [0.29, 0.717) is 6.42 Å². The second-order valence-electron chi connectivity index (χ2n) is 4.07. The number of sulfonamides is 1. The summed E-state index contributed by atoms with van der Waals surface area (Å²) >= 11 is 5.71. The van der Waals surface area contributed by atoms with Crippen molar-refractivity contribution in [1.29, 1.82) is 0 Å². The molecule has 0 heterocycles. The van der Waals surface area contributed by atoms with E-state index in [1.807, 2.05) is 6.92 Å². The van der Waals surface area contributed by atoms with E-state index in [0.717, 1.165) is 10.4 Å². The van der Waals surface area contributed by atoms with Gasteiger partial charge in [-0.1, -0.05) is 18.5 Å². The molecule has 0 atom stereocenters. The van der Waals surface area contributed by atoms with Crippen LogP contribution in [0, 0.1) is 0 Å². The Bertz CT molecular complexity index is 582. The van der Waals surface area contributed by atoms with Gasteiger partial charge >= 0.3 is 5.97 Å². The molecule has 112 valence electrons. The lowest BCUT2D eigenvalue weighted by Gasteiger charge is -2.20. The van der Waals surface area contributed by atoms with Gasteiger partial charge in [0.05, 0.1) is 22.1 Å². The van der Waals surface area contributed by atoms with Gasteiger partial charge in [-0.05, 0) is 24.6 Å². The summed E-state index contributed by atoms with van der Waals surface area (Å²) in [6.45, 7) is 1.71. The summed E-state index contributed by atoms with van der Waals surface area (Å²) in [5, 5.41) is 17.9. The molecule has 0 aliphatic rings. The topological polar surface area (TPSA) is 94.9 Å². The number of aliphatic hydroxyl groups is 1. The maximum Gasteiger partial charge on any atom is 0.337 e. The number of benzene rings is 1. The number of hydrogen-bond acceptors (Lipinski definition) is 4. The molecule has 0 aliphatic heterocycles. The first kappa shape index (κ1) is 16.9. The Balaban J connectivity index is 3.26. The van der Waals surface area contributed by atoms with Crippen molar-refractivity contribution < 1.29 is 23.4 Å². The first-order chi connectivity index (χ1) is 9.34. The second-order valence-corrected chi connectivity index (χ2v) is 6.42. The number of rotatable bonds is 7. The van der Waals surface area contributed by atoms with E-state index in [9.17, 15) is 13.2 Å². The molecule has 6 nitrogen and oxygen atoms in total. The van der Waals surface area contributed by atoms with E-state index in [1.54, 1.807) is 0 Å². The van der Waals surface area contributed by atoms with E-state index >= 15 is 0 Å². The van der Waals surface area contributed by atoms with Crippen LogP contribution in [0.2, 0.25) is 5.02 Å². The molecular formula is C12H16ClNO5S. The number of halogens is 1. The largest absolute Gasteiger partial charge is 0.478 e. The van der Waals surface area contributed by atoms with Crippen LogP contribution in [0.4, 0.5) is 0 Å². The van der Waals surface area contributed by atoms with Crippen molar-refractivity contribution in [3.63, 3.8) is 0 Å². The fraction of sp³-hybridized carbons (Fsp3) is 0.417. The Hall–Kier alpha value is -1.15. The molecule has 0 unspecified atom stereocenters. The predicted molar refractivity (Wildman–Crippen MR) is 74.5 cm³/mol. The number of aromatic carboxylic acids is 1. The SMILES string of the molecule is CCCN(CCO)S(=O)(=O)c1ccc(Cl)c(C(=O)O)c1. The highest BCUT2D eigenvalue weighted by Gasteiger charge is 2.25. The van der Waals surface area contributed by atoms with Gasteiger partial charge in [0.2, 0.25) is 10.0 Å². The quantitative estimate of drug-likeness (QED) is 0.792. The molecule has 0 saturated heterocycles. The van der Waals surface area contributed by atoms with Crippen LogP contribution in [0.25, 0.3) is 0 Å². The molecule has 0 aliphatic carbocycles. The molecule has 0 spiro atoms. The summed E-state index contributed by atoms with van der Waals surface area (Å²) in [5.74, 6) is -1.30.